The van der Waals surface area contributed by atoms with E-state index in [1.54, 1.807) is 0 Å². The zero-order chi connectivity index (χ0) is 70.2. The molecule has 0 aromatic rings. The van der Waals surface area contributed by atoms with Crippen molar-refractivity contribution < 1.29 is 50.0 Å². The van der Waals surface area contributed by atoms with Crippen LogP contribution in [0.25, 0.3) is 0 Å². The highest BCUT2D eigenvalue weighted by molar-refractivity contribution is 5.80. The van der Waals surface area contributed by atoms with E-state index in [0.29, 0.717) is 12.8 Å². The van der Waals surface area contributed by atoms with Crippen molar-refractivity contribution >= 4 is 5.91 Å². The van der Waals surface area contributed by atoms with Gasteiger partial charge >= 0.3 is 0 Å². The molecule has 1 fully saturated rings. The Bertz CT molecular complexity index is 1630. The van der Waals surface area contributed by atoms with Crippen LogP contribution in [0.4, 0.5) is 0 Å². The molecule has 0 saturated carbocycles. The lowest BCUT2D eigenvalue weighted by Crippen LogP contribution is -2.60. The standard InChI is InChI=1S/C86H167NO10/c1-3-5-7-9-11-13-15-17-19-21-23-25-27-29-31-33-35-37-38-39-40-41-42-44-46-48-50-52-54-56-58-60-62-64-66-68-70-72-74-79(90)85(95)87-77(76-96-86-84(94)83(93)82(92)80(75-88)97-86)81(91)78(89)73-71-69-67-65-63-61-59-57-55-53-51-49-47-45-43-36-34-32-30-28-26-24-22-20-18-16-14-12-10-8-6-4-2/h39-40,65,67,77-84,86,88-94H,3-38,41-64,66,68-76H2,1-2H3,(H,87,95)/b40-39-,67-65+. The first kappa shape index (κ1) is 93.6. The molecule has 1 rings (SSSR count). The third-order valence-corrected chi connectivity index (χ3v) is 21.2. The Balaban J connectivity index is 2.10. The number of carbonyl (C=O) groups is 1. The molecule has 0 aromatic heterocycles. The molecule has 0 spiro atoms. The van der Waals surface area contributed by atoms with E-state index in [4.69, 9.17) is 9.47 Å². The summed E-state index contributed by atoms with van der Waals surface area (Å²) in [6, 6.07) is -1.19. The molecule has 11 nitrogen and oxygen atoms in total. The molecule has 0 bridgehead atoms. The van der Waals surface area contributed by atoms with Gasteiger partial charge in [-0.3, -0.25) is 4.79 Å². The number of allylic oxidation sites excluding steroid dienone is 4. The van der Waals surface area contributed by atoms with Crippen LogP contribution in [-0.2, 0) is 14.3 Å². The minimum atomic E-state index is -1.67. The van der Waals surface area contributed by atoms with Crippen molar-refractivity contribution in [1.82, 2.24) is 5.32 Å². The number of rotatable bonds is 78. The van der Waals surface area contributed by atoms with Crippen LogP contribution >= 0.6 is 0 Å². The summed E-state index contributed by atoms with van der Waals surface area (Å²) in [5.41, 5.74) is 0. The van der Waals surface area contributed by atoms with Crippen molar-refractivity contribution in [2.24, 2.45) is 0 Å². The van der Waals surface area contributed by atoms with E-state index in [1.165, 1.54) is 372 Å². The van der Waals surface area contributed by atoms with Crippen molar-refractivity contribution in [2.45, 2.75) is 506 Å². The monoisotopic (exact) mass is 1370 g/mol. The first-order valence-corrected chi connectivity index (χ1v) is 43.2. The van der Waals surface area contributed by atoms with E-state index >= 15 is 0 Å². The summed E-state index contributed by atoms with van der Waals surface area (Å²) in [5.74, 6) is -0.697. The number of aliphatic hydroxyl groups excluding tert-OH is 7. The van der Waals surface area contributed by atoms with Gasteiger partial charge in [0.1, 0.15) is 36.6 Å². The Kier molecular flexibility index (Phi) is 71.7. The molecule has 576 valence electrons. The van der Waals surface area contributed by atoms with Crippen molar-refractivity contribution in [2.75, 3.05) is 13.2 Å². The van der Waals surface area contributed by atoms with Crippen LogP contribution < -0.4 is 5.32 Å². The van der Waals surface area contributed by atoms with Gasteiger partial charge in [-0.15, -0.1) is 0 Å². The van der Waals surface area contributed by atoms with E-state index in [-0.39, 0.29) is 12.8 Å². The SMILES string of the molecule is CCCCCCCCCCCCCCCCCCCC/C=C\CCCCCCCCCCCCCCCCCCC(O)C(=O)NC(COC1OC(CO)C(O)C(O)C1O)C(O)C(O)CCC/C=C/CCCCCCCCCCCCCCCCCCCCCCCCCCCCC. The highest BCUT2D eigenvalue weighted by Gasteiger charge is 2.44. The lowest BCUT2D eigenvalue weighted by Gasteiger charge is -2.40. The third-order valence-electron chi connectivity index (χ3n) is 21.2. The second-order valence-electron chi connectivity index (χ2n) is 30.6. The number of carbonyl (C=O) groups excluding carboxylic acids is 1. The van der Waals surface area contributed by atoms with Crippen LogP contribution in [0.15, 0.2) is 24.3 Å². The number of hydrogen-bond donors (Lipinski definition) is 8. The molecular formula is C86H167NO10. The van der Waals surface area contributed by atoms with Gasteiger partial charge in [0.05, 0.1) is 25.4 Å². The molecule has 0 radical (unpaired) electrons. The molecule has 1 aliphatic rings. The Morgan fingerprint density at radius 1 is 0.351 bits per heavy atom. The van der Waals surface area contributed by atoms with Gasteiger partial charge in [0.15, 0.2) is 6.29 Å². The smallest absolute Gasteiger partial charge is 0.249 e. The van der Waals surface area contributed by atoms with Crippen LogP contribution in [0.3, 0.4) is 0 Å². The maximum atomic E-state index is 13.3. The average molecular weight is 1380 g/mol. The Hall–Kier alpha value is -1.41. The van der Waals surface area contributed by atoms with Gasteiger partial charge in [-0.1, -0.05) is 411 Å². The number of amides is 1. The van der Waals surface area contributed by atoms with Crippen LogP contribution in [0, 0.1) is 0 Å². The van der Waals surface area contributed by atoms with Crippen LogP contribution in [0.1, 0.15) is 450 Å². The normalized spacial score (nSPS) is 18.1. The van der Waals surface area contributed by atoms with E-state index < -0.39 is 74.2 Å². The Morgan fingerprint density at radius 3 is 0.887 bits per heavy atom. The molecule has 0 aliphatic carbocycles. The first-order chi connectivity index (χ1) is 47.7. The largest absolute Gasteiger partial charge is 0.394 e. The predicted octanol–water partition coefficient (Wildman–Crippen LogP) is 23.0. The molecule has 1 amide bonds. The first-order valence-electron chi connectivity index (χ1n) is 43.2. The predicted molar refractivity (Wildman–Crippen MR) is 413 cm³/mol. The molecule has 97 heavy (non-hydrogen) atoms. The fourth-order valence-electron chi connectivity index (χ4n) is 14.4. The van der Waals surface area contributed by atoms with Gasteiger partial charge in [-0.05, 0) is 64.2 Å². The highest BCUT2D eigenvalue weighted by atomic mass is 16.7. The summed E-state index contributed by atoms with van der Waals surface area (Å²) < 4.78 is 11.2. The third kappa shape index (κ3) is 60.7. The van der Waals surface area contributed by atoms with Gasteiger partial charge in [0.25, 0.3) is 0 Å². The lowest BCUT2D eigenvalue weighted by atomic mass is 9.98. The second-order valence-corrected chi connectivity index (χ2v) is 30.6. The van der Waals surface area contributed by atoms with Gasteiger partial charge in [0, 0.05) is 0 Å². The minimum Gasteiger partial charge on any atom is -0.394 e. The maximum Gasteiger partial charge on any atom is 0.249 e. The fraction of sp³-hybridized carbons (Fsp3) is 0.942. The molecule has 11 heteroatoms. The summed E-state index contributed by atoms with van der Waals surface area (Å²) in [6.45, 7) is 3.53. The van der Waals surface area contributed by atoms with E-state index in [0.717, 1.165) is 38.5 Å². The van der Waals surface area contributed by atoms with E-state index in [1.807, 2.05) is 0 Å². The summed E-state index contributed by atoms with van der Waals surface area (Å²) >= 11 is 0. The van der Waals surface area contributed by atoms with Gasteiger partial charge in [-0.25, -0.2) is 0 Å². The van der Waals surface area contributed by atoms with Gasteiger partial charge < -0.3 is 50.5 Å². The zero-order valence-electron chi connectivity index (χ0n) is 64.4. The molecule has 0 aromatic carbocycles. The minimum absolute atomic E-state index is 0.258. The van der Waals surface area contributed by atoms with Crippen LogP contribution in [-0.4, -0.2) is 110 Å². The van der Waals surface area contributed by atoms with Crippen molar-refractivity contribution in [3.63, 3.8) is 0 Å². The molecule has 9 atom stereocenters. The molecule has 9 unspecified atom stereocenters. The zero-order valence-corrected chi connectivity index (χ0v) is 64.4. The molecule has 1 saturated heterocycles. The van der Waals surface area contributed by atoms with E-state index in [2.05, 4.69) is 43.5 Å². The summed E-state index contributed by atoms with van der Waals surface area (Å²) in [6.07, 6.45) is 86.2. The molecule has 1 heterocycles. The number of nitrogens with one attached hydrogen (secondary N) is 1. The van der Waals surface area contributed by atoms with Gasteiger partial charge in [-0.2, -0.15) is 0 Å². The summed E-state index contributed by atoms with van der Waals surface area (Å²) in [7, 11) is 0. The summed E-state index contributed by atoms with van der Waals surface area (Å²) in [4.78, 5) is 13.3. The number of aliphatic hydroxyl groups is 7. The van der Waals surface area contributed by atoms with Crippen molar-refractivity contribution in [1.29, 1.82) is 0 Å². The molecular weight excluding hydrogens is 1210 g/mol. The summed E-state index contributed by atoms with van der Waals surface area (Å²) in [5, 5.41) is 76.8. The van der Waals surface area contributed by atoms with Crippen molar-refractivity contribution in [3.05, 3.63) is 24.3 Å². The quantitative estimate of drug-likeness (QED) is 0.0215. The fourth-order valence-corrected chi connectivity index (χ4v) is 14.4. The number of unbranched alkanes of at least 4 members (excludes halogenated alkanes) is 62. The lowest BCUT2D eigenvalue weighted by molar-refractivity contribution is -0.303. The highest BCUT2D eigenvalue weighted by Crippen LogP contribution is 2.25. The number of ether oxygens (including phenoxy) is 2. The topological polar surface area (TPSA) is 189 Å². The maximum absolute atomic E-state index is 13.3. The Morgan fingerprint density at radius 2 is 0.608 bits per heavy atom. The van der Waals surface area contributed by atoms with Crippen LogP contribution in [0.2, 0.25) is 0 Å². The molecule has 1 aliphatic heterocycles. The van der Waals surface area contributed by atoms with Crippen molar-refractivity contribution in [3.8, 4) is 0 Å². The number of hydrogen-bond acceptors (Lipinski definition) is 10. The van der Waals surface area contributed by atoms with Gasteiger partial charge in [0.2, 0.25) is 5.91 Å². The Labute approximate surface area is 601 Å². The molecule has 8 N–H and O–H groups in total. The van der Waals surface area contributed by atoms with E-state index in [9.17, 15) is 40.5 Å². The second kappa shape index (κ2) is 74.3. The van der Waals surface area contributed by atoms with Crippen LogP contribution in [0.5, 0.6) is 0 Å². The average Bonchev–Trinajstić information content (AvgIpc) is 0.827.